The number of rotatable bonds is 1. The molecule has 0 aliphatic rings. The van der Waals surface area contributed by atoms with Gasteiger partial charge in [0.2, 0.25) is 0 Å². The molecule has 1 heterocycles. The summed E-state index contributed by atoms with van der Waals surface area (Å²) in [6, 6.07) is 13.2. The highest BCUT2D eigenvalue weighted by Crippen LogP contribution is 2.35. The van der Waals surface area contributed by atoms with E-state index in [1.54, 1.807) is 42.5 Å². The second-order valence-electron chi connectivity index (χ2n) is 4.20. The molecule has 0 fully saturated rings. The molecule has 2 aromatic carbocycles. The first kappa shape index (κ1) is 14.0. The number of fused-ring (bicyclic) bond motifs is 1. The van der Waals surface area contributed by atoms with Gasteiger partial charge in [0, 0.05) is 6.07 Å². The second-order valence-corrected chi connectivity index (χ2v) is 4.20. The number of hydrogen-bond acceptors (Lipinski definition) is 3. The molecule has 3 rings (SSSR count). The van der Waals surface area contributed by atoms with Crippen molar-refractivity contribution < 1.29 is 32.1 Å². The maximum absolute atomic E-state index is 9.79. The number of aromatic hydroxyl groups is 3. The molecular weight excluding hydrogens is 280 g/mol. The molecule has 0 radical (unpaired) electrons. The highest BCUT2D eigenvalue weighted by Gasteiger charge is 2.20. The van der Waals surface area contributed by atoms with Gasteiger partial charge in [-0.2, -0.15) is 0 Å². The molecule has 0 unspecified atom stereocenters. The molecular formula is C15H11ClO4. The molecule has 0 aliphatic heterocycles. The molecule has 0 spiro atoms. The number of phenolic OH excluding ortho intramolecular Hbond substituents is 3. The lowest BCUT2D eigenvalue weighted by Crippen LogP contribution is -3.00. The topological polar surface area (TPSA) is 72.0 Å². The smallest absolute Gasteiger partial charge is 0.405 e. The van der Waals surface area contributed by atoms with E-state index < -0.39 is 0 Å². The van der Waals surface area contributed by atoms with Gasteiger partial charge in [-0.15, -0.1) is 0 Å². The standard InChI is InChI=1S/C15H10O4.ClH/c16-11-5-1-9(2-6-11)13-8-4-10-3-7-12(17)14(18)15(10)19-13;/h1-8H,(H2-,16,17,18);1H. The van der Waals surface area contributed by atoms with Crippen LogP contribution in [-0.4, -0.2) is 15.3 Å². The van der Waals surface area contributed by atoms with E-state index in [1.807, 2.05) is 0 Å². The van der Waals surface area contributed by atoms with Crippen molar-refractivity contribution in [3.8, 4) is 28.6 Å². The summed E-state index contributed by atoms with van der Waals surface area (Å²) in [4.78, 5) is 0. The van der Waals surface area contributed by atoms with Crippen LogP contribution in [0.1, 0.15) is 0 Å². The summed E-state index contributed by atoms with van der Waals surface area (Å²) in [5, 5.41) is 29.2. The van der Waals surface area contributed by atoms with Crippen LogP contribution in [0.5, 0.6) is 17.2 Å². The lowest BCUT2D eigenvalue weighted by atomic mass is 10.1. The number of hydrogen-bond donors (Lipinski definition) is 3. The highest BCUT2D eigenvalue weighted by atomic mass is 35.5. The predicted molar refractivity (Wildman–Crippen MR) is 71.1 cm³/mol. The van der Waals surface area contributed by atoms with E-state index >= 15 is 0 Å². The molecule has 0 amide bonds. The summed E-state index contributed by atoms with van der Waals surface area (Å²) in [5.41, 5.74) is 0.994. The number of phenols is 3. The Morgan fingerprint density at radius 3 is 2.10 bits per heavy atom. The van der Waals surface area contributed by atoms with Crippen LogP contribution in [0.3, 0.4) is 0 Å². The molecule has 0 saturated carbocycles. The average molecular weight is 291 g/mol. The minimum Gasteiger partial charge on any atom is -1.00 e. The van der Waals surface area contributed by atoms with Gasteiger partial charge in [0.15, 0.2) is 5.75 Å². The maximum Gasteiger partial charge on any atom is 0.405 e. The molecule has 20 heavy (non-hydrogen) atoms. The van der Waals surface area contributed by atoms with Crippen LogP contribution in [0, 0.1) is 0 Å². The van der Waals surface area contributed by atoms with Gasteiger partial charge in [-0.05, 0) is 42.5 Å². The van der Waals surface area contributed by atoms with E-state index in [9.17, 15) is 15.3 Å². The van der Waals surface area contributed by atoms with Gasteiger partial charge >= 0.3 is 11.3 Å². The van der Waals surface area contributed by atoms with Crippen LogP contribution in [-0.2, 0) is 0 Å². The Bertz CT molecular complexity index is 754. The fourth-order valence-electron chi connectivity index (χ4n) is 1.91. The molecule has 0 saturated heterocycles. The third-order valence-corrected chi connectivity index (χ3v) is 2.92. The Balaban J connectivity index is 0.00000147. The van der Waals surface area contributed by atoms with Gasteiger partial charge in [0.1, 0.15) is 5.75 Å². The minimum absolute atomic E-state index is 0. The van der Waals surface area contributed by atoms with Gasteiger partial charge < -0.3 is 27.7 Å². The predicted octanol–water partition coefficient (Wildman–Crippen LogP) is 0.502. The second kappa shape index (κ2) is 5.27. The summed E-state index contributed by atoms with van der Waals surface area (Å²) < 4.78 is 5.61. The van der Waals surface area contributed by atoms with Crippen molar-refractivity contribution in [3.05, 3.63) is 48.5 Å². The highest BCUT2D eigenvalue weighted by molar-refractivity contribution is 5.86. The van der Waals surface area contributed by atoms with Gasteiger partial charge in [-0.3, -0.25) is 0 Å². The van der Waals surface area contributed by atoms with Crippen molar-refractivity contribution in [2.45, 2.75) is 0 Å². The van der Waals surface area contributed by atoms with Crippen molar-refractivity contribution in [1.82, 2.24) is 0 Å². The normalized spacial score (nSPS) is 10.2. The van der Waals surface area contributed by atoms with Crippen molar-refractivity contribution >= 4 is 11.0 Å². The number of halogens is 1. The van der Waals surface area contributed by atoms with Crippen LogP contribution in [0.15, 0.2) is 52.9 Å². The molecule has 4 nitrogen and oxygen atoms in total. The Morgan fingerprint density at radius 1 is 0.750 bits per heavy atom. The summed E-state index contributed by atoms with van der Waals surface area (Å²) >= 11 is 0. The van der Waals surface area contributed by atoms with Gasteiger partial charge in [0.25, 0.3) is 5.75 Å². The lowest BCUT2D eigenvalue weighted by molar-refractivity contribution is -0.00000691. The molecule has 3 N–H and O–H groups in total. The molecule has 102 valence electrons. The number of benzene rings is 2. The lowest BCUT2D eigenvalue weighted by Gasteiger charge is -1.97. The molecule has 0 atom stereocenters. The monoisotopic (exact) mass is 290 g/mol. The van der Waals surface area contributed by atoms with Gasteiger partial charge in [0.05, 0.1) is 10.9 Å². The first-order chi connectivity index (χ1) is 9.15. The van der Waals surface area contributed by atoms with Crippen molar-refractivity contribution in [2.75, 3.05) is 0 Å². The zero-order valence-electron chi connectivity index (χ0n) is 10.2. The van der Waals surface area contributed by atoms with E-state index in [4.69, 9.17) is 4.42 Å². The van der Waals surface area contributed by atoms with E-state index in [0.717, 1.165) is 5.56 Å². The summed E-state index contributed by atoms with van der Waals surface area (Å²) in [7, 11) is 0. The summed E-state index contributed by atoms with van der Waals surface area (Å²) in [6.07, 6.45) is 0. The largest absolute Gasteiger partial charge is 1.00 e. The Kier molecular flexibility index (Phi) is 3.68. The molecule has 0 aliphatic carbocycles. The maximum atomic E-state index is 9.79. The van der Waals surface area contributed by atoms with E-state index in [-0.39, 0.29) is 35.2 Å². The van der Waals surface area contributed by atoms with Gasteiger partial charge in [-0.1, -0.05) is 0 Å². The SMILES string of the molecule is Oc1ccc(-c2ccc3ccc(O)c(O)c3[o+]2)cc1.[Cl-]. The average Bonchev–Trinajstić information content (AvgIpc) is 2.44. The first-order valence-corrected chi connectivity index (χ1v) is 5.72. The fourth-order valence-corrected chi connectivity index (χ4v) is 1.91. The van der Waals surface area contributed by atoms with Gasteiger partial charge in [-0.25, -0.2) is 4.42 Å². The molecule has 5 heteroatoms. The summed E-state index contributed by atoms with van der Waals surface area (Å²) in [5.74, 6) is 0.204. The summed E-state index contributed by atoms with van der Waals surface area (Å²) in [6.45, 7) is 0. The zero-order valence-corrected chi connectivity index (χ0v) is 11.0. The van der Waals surface area contributed by atoms with E-state index in [1.165, 1.54) is 6.07 Å². The Hall–Kier alpha value is -2.46. The third kappa shape index (κ3) is 2.33. The van der Waals surface area contributed by atoms with Crippen LogP contribution < -0.4 is 12.4 Å². The molecule has 3 aromatic rings. The molecule has 0 bridgehead atoms. The van der Waals surface area contributed by atoms with Crippen LogP contribution in [0.4, 0.5) is 0 Å². The van der Waals surface area contributed by atoms with Crippen molar-refractivity contribution in [2.24, 2.45) is 0 Å². The minimum atomic E-state index is -0.280. The fraction of sp³-hybridized carbons (Fsp3) is 0. The van der Waals surface area contributed by atoms with E-state index in [2.05, 4.69) is 0 Å². The van der Waals surface area contributed by atoms with Crippen LogP contribution in [0.25, 0.3) is 22.3 Å². The van der Waals surface area contributed by atoms with Crippen LogP contribution in [0.2, 0.25) is 0 Å². The van der Waals surface area contributed by atoms with Crippen LogP contribution >= 0.6 is 0 Å². The quantitative estimate of drug-likeness (QED) is 0.451. The van der Waals surface area contributed by atoms with Crippen molar-refractivity contribution in [1.29, 1.82) is 0 Å². The molecule has 1 aromatic heterocycles. The Morgan fingerprint density at radius 2 is 1.40 bits per heavy atom. The van der Waals surface area contributed by atoms with E-state index in [0.29, 0.717) is 11.1 Å². The first-order valence-electron chi connectivity index (χ1n) is 5.72. The Labute approximate surface area is 121 Å². The third-order valence-electron chi connectivity index (χ3n) is 2.92. The zero-order chi connectivity index (χ0) is 13.4. The van der Waals surface area contributed by atoms with Crippen molar-refractivity contribution in [3.63, 3.8) is 0 Å².